The number of benzene rings is 3. The van der Waals surface area contributed by atoms with Gasteiger partial charge in [0.25, 0.3) is 11.6 Å². The van der Waals surface area contributed by atoms with Crippen LogP contribution in [0.4, 0.5) is 17.1 Å². The number of aryl methyl sites for hydroxylation is 1. The smallest absolute Gasteiger partial charge is 0.318 e. The second-order valence-corrected chi connectivity index (χ2v) is 6.83. The number of nitro groups is 2. The molecule has 0 atom stereocenters. The molecule has 0 saturated heterocycles. The zero-order valence-corrected chi connectivity index (χ0v) is 17.2. The molecule has 0 aliphatic rings. The average molecular weight is 444 g/mol. The number of nitrogens with one attached hydrogen (secondary N) is 1. The van der Waals surface area contributed by atoms with Gasteiger partial charge in [-0.25, -0.2) is 0 Å². The number of anilines is 1. The van der Waals surface area contributed by atoms with Crippen molar-refractivity contribution >= 4 is 29.0 Å². The molecule has 0 spiro atoms. The van der Waals surface area contributed by atoms with E-state index in [9.17, 15) is 30.3 Å². The standard InChI is InChI=1S/C23H16N4O6/c1-15-5-7-18(8-6-15)25-23(28)17(14-24)11-16-3-2-4-20(12-16)33-22-10-9-19(26(29)30)13-21(22)27(31)32/h2-13H,1H3,(H,25,28)/b17-11-. The maximum absolute atomic E-state index is 12.5. The first-order valence-corrected chi connectivity index (χ1v) is 9.47. The Kier molecular flexibility index (Phi) is 6.75. The van der Waals surface area contributed by atoms with E-state index in [1.165, 1.54) is 18.2 Å². The molecule has 10 nitrogen and oxygen atoms in total. The molecule has 3 rings (SSSR count). The second-order valence-electron chi connectivity index (χ2n) is 6.83. The third kappa shape index (κ3) is 5.77. The lowest BCUT2D eigenvalue weighted by atomic mass is 10.1. The van der Waals surface area contributed by atoms with Crippen molar-refractivity contribution in [2.45, 2.75) is 6.92 Å². The lowest BCUT2D eigenvalue weighted by molar-refractivity contribution is -0.394. The predicted molar refractivity (Wildman–Crippen MR) is 120 cm³/mol. The van der Waals surface area contributed by atoms with Gasteiger partial charge in [0.1, 0.15) is 17.4 Å². The number of nitro benzene ring substituents is 2. The number of carbonyl (C=O) groups excluding carboxylic acids is 1. The van der Waals surface area contributed by atoms with Crippen molar-refractivity contribution in [3.05, 3.63) is 104 Å². The summed E-state index contributed by atoms with van der Waals surface area (Å²) >= 11 is 0. The van der Waals surface area contributed by atoms with Crippen molar-refractivity contribution in [1.29, 1.82) is 5.26 Å². The van der Waals surface area contributed by atoms with Crippen LogP contribution in [0.5, 0.6) is 11.5 Å². The normalized spacial score (nSPS) is 10.7. The fraction of sp³-hybridized carbons (Fsp3) is 0.0435. The van der Waals surface area contributed by atoms with Crippen molar-refractivity contribution in [2.75, 3.05) is 5.32 Å². The van der Waals surface area contributed by atoms with Crippen LogP contribution in [0, 0.1) is 38.5 Å². The molecule has 0 radical (unpaired) electrons. The first-order valence-electron chi connectivity index (χ1n) is 9.47. The van der Waals surface area contributed by atoms with Crippen LogP contribution in [-0.2, 0) is 4.79 Å². The van der Waals surface area contributed by atoms with E-state index in [0.717, 1.165) is 23.8 Å². The molecule has 0 aliphatic carbocycles. The highest BCUT2D eigenvalue weighted by atomic mass is 16.6. The molecule has 3 aromatic carbocycles. The van der Waals surface area contributed by atoms with Crippen LogP contribution < -0.4 is 10.1 Å². The van der Waals surface area contributed by atoms with E-state index in [1.54, 1.807) is 24.3 Å². The molecule has 10 heteroatoms. The summed E-state index contributed by atoms with van der Waals surface area (Å²) in [5.41, 5.74) is 0.828. The highest BCUT2D eigenvalue weighted by Gasteiger charge is 2.21. The fourth-order valence-corrected chi connectivity index (χ4v) is 2.79. The SMILES string of the molecule is Cc1ccc(NC(=O)/C(C#N)=C\c2cccc(Oc3ccc([N+](=O)[O-])cc3[N+](=O)[O-])c2)cc1. The fourth-order valence-electron chi connectivity index (χ4n) is 2.79. The van der Waals surface area contributed by atoms with Gasteiger partial charge in [0.05, 0.1) is 15.9 Å². The Labute approximate surface area is 187 Å². The van der Waals surface area contributed by atoms with E-state index in [2.05, 4.69) is 5.32 Å². The zero-order chi connectivity index (χ0) is 24.0. The van der Waals surface area contributed by atoms with Gasteiger partial charge in [0.15, 0.2) is 0 Å². The number of rotatable bonds is 7. The first-order chi connectivity index (χ1) is 15.8. The second kappa shape index (κ2) is 9.84. The van der Waals surface area contributed by atoms with Crippen LogP contribution in [0.1, 0.15) is 11.1 Å². The van der Waals surface area contributed by atoms with Gasteiger partial charge in [-0.3, -0.25) is 25.0 Å². The number of ether oxygens (including phenoxy) is 1. The maximum atomic E-state index is 12.5. The largest absolute Gasteiger partial charge is 0.450 e. The molecular weight excluding hydrogens is 428 g/mol. The molecule has 0 saturated carbocycles. The average Bonchev–Trinajstić information content (AvgIpc) is 2.79. The number of hydrogen-bond acceptors (Lipinski definition) is 7. The molecule has 0 aliphatic heterocycles. The Balaban J connectivity index is 1.84. The van der Waals surface area contributed by atoms with Gasteiger partial charge >= 0.3 is 5.69 Å². The zero-order valence-electron chi connectivity index (χ0n) is 17.2. The Morgan fingerprint density at radius 1 is 1.03 bits per heavy atom. The van der Waals surface area contributed by atoms with Gasteiger partial charge in [-0.2, -0.15) is 5.26 Å². The highest BCUT2D eigenvalue weighted by molar-refractivity contribution is 6.09. The minimum absolute atomic E-state index is 0.158. The molecule has 33 heavy (non-hydrogen) atoms. The Hall–Kier alpha value is -5.04. The van der Waals surface area contributed by atoms with Crippen molar-refractivity contribution in [1.82, 2.24) is 0 Å². The number of non-ortho nitro benzene ring substituents is 1. The van der Waals surface area contributed by atoms with Gasteiger partial charge in [0, 0.05) is 11.8 Å². The van der Waals surface area contributed by atoms with E-state index in [-0.39, 0.29) is 17.1 Å². The van der Waals surface area contributed by atoms with Gasteiger partial charge < -0.3 is 10.1 Å². The molecule has 1 N–H and O–H groups in total. The van der Waals surface area contributed by atoms with E-state index in [4.69, 9.17) is 4.74 Å². The number of hydrogen-bond donors (Lipinski definition) is 1. The van der Waals surface area contributed by atoms with Crippen molar-refractivity contribution in [3.63, 3.8) is 0 Å². The lowest BCUT2D eigenvalue weighted by Crippen LogP contribution is -2.13. The number of nitrogens with zero attached hydrogens (tertiary/aromatic N) is 3. The number of nitriles is 1. The van der Waals surface area contributed by atoms with E-state index < -0.39 is 27.1 Å². The molecule has 0 bridgehead atoms. The molecule has 1 amide bonds. The Morgan fingerprint density at radius 3 is 2.39 bits per heavy atom. The minimum atomic E-state index is -0.782. The predicted octanol–water partition coefficient (Wildman–Crippen LogP) is 5.15. The summed E-state index contributed by atoms with van der Waals surface area (Å²) in [5, 5.41) is 34.2. The minimum Gasteiger partial charge on any atom is -0.450 e. The summed E-state index contributed by atoms with van der Waals surface area (Å²) < 4.78 is 5.55. The first kappa shape index (κ1) is 22.6. The van der Waals surface area contributed by atoms with E-state index in [0.29, 0.717) is 11.3 Å². The van der Waals surface area contributed by atoms with Crippen LogP contribution in [0.15, 0.2) is 72.3 Å². The van der Waals surface area contributed by atoms with E-state index >= 15 is 0 Å². The van der Waals surface area contributed by atoms with Gasteiger partial charge in [-0.05, 0) is 48.9 Å². The van der Waals surface area contributed by atoms with Gasteiger partial charge in [-0.1, -0.05) is 29.8 Å². The highest BCUT2D eigenvalue weighted by Crippen LogP contribution is 2.34. The van der Waals surface area contributed by atoms with Crippen LogP contribution in [0.3, 0.4) is 0 Å². The lowest BCUT2D eigenvalue weighted by Gasteiger charge is -2.08. The molecule has 164 valence electrons. The van der Waals surface area contributed by atoms with Crippen LogP contribution >= 0.6 is 0 Å². The van der Waals surface area contributed by atoms with Gasteiger partial charge in [-0.15, -0.1) is 0 Å². The quantitative estimate of drug-likeness (QED) is 0.229. The van der Waals surface area contributed by atoms with Gasteiger partial charge in [0.2, 0.25) is 5.75 Å². The number of carbonyl (C=O) groups is 1. The molecule has 3 aromatic rings. The summed E-state index contributed by atoms with van der Waals surface area (Å²) in [6.07, 6.45) is 1.35. The Bertz CT molecular complexity index is 1310. The third-order valence-electron chi connectivity index (χ3n) is 4.42. The Morgan fingerprint density at radius 2 is 1.76 bits per heavy atom. The van der Waals surface area contributed by atoms with Crippen LogP contribution in [0.2, 0.25) is 0 Å². The van der Waals surface area contributed by atoms with Crippen LogP contribution in [-0.4, -0.2) is 15.8 Å². The molecule has 0 heterocycles. The maximum Gasteiger partial charge on any atom is 0.318 e. The summed E-state index contributed by atoms with van der Waals surface area (Å²) in [6.45, 7) is 1.91. The molecular formula is C23H16N4O6. The molecule has 0 fully saturated rings. The van der Waals surface area contributed by atoms with Crippen molar-refractivity contribution in [2.24, 2.45) is 0 Å². The summed E-state index contributed by atoms with van der Waals surface area (Å²) in [7, 11) is 0. The van der Waals surface area contributed by atoms with Crippen molar-refractivity contribution < 1.29 is 19.4 Å². The van der Waals surface area contributed by atoms with Crippen LogP contribution in [0.25, 0.3) is 6.08 Å². The summed E-state index contributed by atoms with van der Waals surface area (Å²) in [6, 6.07) is 18.1. The summed E-state index contributed by atoms with van der Waals surface area (Å²) in [5.74, 6) is -0.611. The summed E-state index contributed by atoms with van der Waals surface area (Å²) in [4.78, 5) is 33.1. The van der Waals surface area contributed by atoms with E-state index in [1.807, 2.05) is 25.1 Å². The van der Waals surface area contributed by atoms with Crippen molar-refractivity contribution in [3.8, 4) is 17.6 Å². The number of amides is 1. The molecule has 0 aromatic heterocycles. The third-order valence-corrected chi connectivity index (χ3v) is 4.42. The topological polar surface area (TPSA) is 148 Å². The molecule has 0 unspecified atom stereocenters. The monoisotopic (exact) mass is 444 g/mol.